The van der Waals surface area contributed by atoms with Gasteiger partial charge in [-0.25, -0.2) is 9.97 Å². The van der Waals surface area contributed by atoms with Gasteiger partial charge in [0.25, 0.3) is 5.91 Å². The molecule has 31 heavy (non-hydrogen) atoms. The van der Waals surface area contributed by atoms with Crippen molar-refractivity contribution in [2.75, 3.05) is 5.73 Å². The highest BCUT2D eigenvalue weighted by Crippen LogP contribution is 2.34. The number of aryl methyl sites for hydroxylation is 1. The first-order valence-electron chi connectivity index (χ1n) is 9.67. The van der Waals surface area contributed by atoms with Crippen LogP contribution >= 0.6 is 11.6 Å². The van der Waals surface area contributed by atoms with Crippen LogP contribution in [-0.4, -0.2) is 36.2 Å². The zero-order valence-corrected chi connectivity index (χ0v) is 18.4. The summed E-state index contributed by atoms with van der Waals surface area (Å²) in [6.45, 7) is 5.65. The number of anilines is 1. The first-order valence-corrected chi connectivity index (χ1v) is 10.0. The Balaban J connectivity index is 1.96. The molecule has 3 N–H and O–H groups in total. The molecule has 8 nitrogen and oxygen atoms in total. The highest BCUT2D eigenvalue weighted by Gasteiger charge is 2.24. The molecule has 0 radical (unpaired) electrons. The Labute approximate surface area is 184 Å². The summed E-state index contributed by atoms with van der Waals surface area (Å²) in [7, 11) is 1.81. The van der Waals surface area contributed by atoms with Crippen LogP contribution in [-0.2, 0) is 7.05 Å². The number of nitrogens with two attached hydrogens (primary N) is 1. The Hall–Kier alpha value is -3.52. The maximum atomic E-state index is 12.8. The highest BCUT2D eigenvalue weighted by molar-refractivity contribution is 6.35. The average Bonchev–Trinajstić information content (AvgIpc) is 3.12. The summed E-state index contributed by atoms with van der Waals surface area (Å²) < 4.78 is 1.66. The lowest BCUT2D eigenvalue weighted by atomic mass is 10.0. The third-order valence-corrected chi connectivity index (χ3v) is 4.80. The van der Waals surface area contributed by atoms with Gasteiger partial charge in [-0.1, -0.05) is 17.7 Å². The second-order valence-electron chi connectivity index (χ2n) is 8.27. The molecule has 0 atom stereocenters. The van der Waals surface area contributed by atoms with Crippen molar-refractivity contribution in [3.8, 4) is 22.6 Å². The van der Waals surface area contributed by atoms with Crippen LogP contribution in [0, 0.1) is 0 Å². The number of nitrogen functional groups attached to an aromatic ring is 1. The molecule has 1 amide bonds. The molecule has 0 spiro atoms. The number of nitrogens with zero attached hydrogens (tertiary/aromatic N) is 5. The van der Waals surface area contributed by atoms with Crippen LogP contribution in [0.1, 0.15) is 31.3 Å². The molecule has 0 aliphatic carbocycles. The number of aromatic nitrogens is 5. The van der Waals surface area contributed by atoms with E-state index in [0.717, 1.165) is 5.39 Å². The van der Waals surface area contributed by atoms with Crippen LogP contribution in [0.2, 0.25) is 5.02 Å². The summed E-state index contributed by atoms with van der Waals surface area (Å²) in [5.74, 6) is -0.375. The summed E-state index contributed by atoms with van der Waals surface area (Å²) in [6, 6.07) is 9.22. The molecule has 158 valence electrons. The molecule has 0 unspecified atom stereocenters. The van der Waals surface area contributed by atoms with Crippen LogP contribution in [0.3, 0.4) is 0 Å². The number of pyridine rings is 1. The lowest BCUT2D eigenvalue weighted by molar-refractivity contribution is 0.0915. The molecule has 3 aromatic heterocycles. The van der Waals surface area contributed by atoms with Gasteiger partial charge in [-0.3, -0.25) is 14.5 Å². The summed E-state index contributed by atoms with van der Waals surface area (Å²) in [4.78, 5) is 26.3. The van der Waals surface area contributed by atoms with Gasteiger partial charge < -0.3 is 11.1 Å². The number of halogens is 1. The molecule has 1 aromatic carbocycles. The van der Waals surface area contributed by atoms with E-state index in [9.17, 15) is 4.79 Å². The number of benzene rings is 1. The largest absolute Gasteiger partial charge is 0.382 e. The van der Waals surface area contributed by atoms with Crippen LogP contribution in [0.4, 0.5) is 5.82 Å². The summed E-state index contributed by atoms with van der Waals surface area (Å²) in [6.07, 6.45) is 3.49. The molecule has 4 aromatic rings. The van der Waals surface area contributed by atoms with E-state index in [-0.39, 0.29) is 11.5 Å². The number of nitrogens with one attached hydrogen (secondary N) is 1. The Morgan fingerprint density at radius 2 is 1.94 bits per heavy atom. The molecule has 0 aliphatic rings. The lowest BCUT2D eigenvalue weighted by Crippen LogP contribution is -2.41. The first-order chi connectivity index (χ1) is 14.6. The van der Waals surface area contributed by atoms with Crippen LogP contribution in [0.25, 0.3) is 33.5 Å². The maximum absolute atomic E-state index is 12.8. The van der Waals surface area contributed by atoms with Gasteiger partial charge in [0.05, 0.1) is 16.2 Å². The van der Waals surface area contributed by atoms with Crippen LogP contribution < -0.4 is 11.1 Å². The van der Waals surface area contributed by atoms with Crippen LogP contribution in [0.15, 0.2) is 42.7 Å². The van der Waals surface area contributed by atoms with E-state index in [2.05, 4.69) is 25.4 Å². The van der Waals surface area contributed by atoms with Crippen molar-refractivity contribution in [2.24, 2.45) is 7.05 Å². The van der Waals surface area contributed by atoms with Crippen molar-refractivity contribution in [1.29, 1.82) is 0 Å². The Morgan fingerprint density at radius 3 is 2.61 bits per heavy atom. The Bertz CT molecular complexity index is 1310. The van der Waals surface area contributed by atoms with E-state index in [1.54, 1.807) is 23.1 Å². The van der Waals surface area contributed by atoms with Crippen molar-refractivity contribution in [1.82, 2.24) is 30.0 Å². The zero-order valence-electron chi connectivity index (χ0n) is 17.6. The number of hydrogen-bond acceptors (Lipinski definition) is 6. The molecular weight excluding hydrogens is 414 g/mol. The fourth-order valence-corrected chi connectivity index (χ4v) is 3.50. The minimum Gasteiger partial charge on any atom is -0.382 e. The molecule has 3 heterocycles. The predicted molar refractivity (Wildman–Crippen MR) is 122 cm³/mol. The molecule has 9 heteroatoms. The highest BCUT2D eigenvalue weighted by atomic mass is 35.5. The van der Waals surface area contributed by atoms with Gasteiger partial charge in [-0.2, -0.15) is 5.10 Å². The Morgan fingerprint density at radius 1 is 1.16 bits per heavy atom. The number of fused-ring (bicyclic) bond motifs is 1. The summed E-state index contributed by atoms with van der Waals surface area (Å²) in [5.41, 5.74) is 8.61. The maximum Gasteiger partial charge on any atom is 0.274 e. The van der Waals surface area contributed by atoms with Gasteiger partial charge in [-0.15, -0.1) is 0 Å². The van der Waals surface area contributed by atoms with E-state index in [1.165, 1.54) is 0 Å². The fourth-order valence-electron chi connectivity index (χ4n) is 3.22. The first kappa shape index (κ1) is 20.7. The third kappa shape index (κ3) is 4.20. The van der Waals surface area contributed by atoms with Crippen molar-refractivity contribution in [3.63, 3.8) is 0 Å². The monoisotopic (exact) mass is 435 g/mol. The fraction of sp³-hybridized carbons (Fsp3) is 0.227. The minimum absolute atomic E-state index is 0.0275. The predicted octanol–water partition coefficient (Wildman–Crippen LogP) is 3.86. The van der Waals surface area contributed by atoms with Crippen molar-refractivity contribution in [3.05, 3.63) is 53.4 Å². The quantitative estimate of drug-likeness (QED) is 0.505. The SMILES string of the molecule is Cn1ccc(-c2nc(N)c(C(=O)NC(C)(C)C)nc2-c2cc(Cl)c3ncccc3c2)n1. The van der Waals surface area contributed by atoms with E-state index in [0.29, 0.717) is 33.2 Å². The van der Waals surface area contributed by atoms with Gasteiger partial charge >= 0.3 is 0 Å². The zero-order chi connectivity index (χ0) is 22.3. The molecule has 0 saturated carbocycles. The number of rotatable bonds is 3. The van der Waals surface area contributed by atoms with Crippen molar-refractivity contribution in [2.45, 2.75) is 26.3 Å². The van der Waals surface area contributed by atoms with E-state index < -0.39 is 11.4 Å². The molecule has 0 aliphatic heterocycles. The second kappa shape index (κ2) is 7.63. The van der Waals surface area contributed by atoms with Gasteiger partial charge in [0.15, 0.2) is 11.5 Å². The topological polar surface area (TPSA) is 112 Å². The molecule has 0 saturated heterocycles. The summed E-state index contributed by atoms with van der Waals surface area (Å²) >= 11 is 6.50. The van der Waals surface area contributed by atoms with Gasteiger partial charge in [0.2, 0.25) is 0 Å². The third-order valence-electron chi connectivity index (χ3n) is 4.51. The van der Waals surface area contributed by atoms with E-state index >= 15 is 0 Å². The average molecular weight is 436 g/mol. The molecular formula is C22H22ClN7O. The normalized spacial score (nSPS) is 11.6. The van der Waals surface area contributed by atoms with Gasteiger partial charge in [0.1, 0.15) is 11.4 Å². The molecule has 4 rings (SSSR count). The molecule has 0 fully saturated rings. The van der Waals surface area contributed by atoms with Crippen molar-refractivity contribution < 1.29 is 4.79 Å². The van der Waals surface area contributed by atoms with Gasteiger partial charge in [-0.05, 0) is 45.0 Å². The van der Waals surface area contributed by atoms with E-state index in [1.807, 2.05) is 52.1 Å². The summed E-state index contributed by atoms with van der Waals surface area (Å²) in [5, 5.41) is 8.64. The Kier molecular flexibility index (Phi) is 5.10. The standard InChI is InChI=1S/C22H22ClN7O/c1-22(2,3)28-21(31)19-20(24)27-18(15-7-9-30(4)29-15)17(26-19)13-10-12-6-5-8-25-16(12)14(23)11-13/h5-11H,1-4H3,(H2,24,27)(H,28,31). The second-order valence-corrected chi connectivity index (χ2v) is 8.67. The lowest BCUT2D eigenvalue weighted by Gasteiger charge is -2.21. The number of carbonyl (C=O) groups excluding carboxylic acids is 1. The smallest absolute Gasteiger partial charge is 0.274 e. The van der Waals surface area contributed by atoms with E-state index in [4.69, 9.17) is 17.3 Å². The number of carbonyl (C=O) groups is 1. The molecule has 0 bridgehead atoms. The van der Waals surface area contributed by atoms with Gasteiger partial charge in [0, 0.05) is 35.9 Å². The number of amides is 1. The minimum atomic E-state index is -0.455. The van der Waals surface area contributed by atoms with Crippen LogP contribution in [0.5, 0.6) is 0 Å². The number of hydrogen-bond donors (Lipinski definition) is 2. The van der Waals surface area contributed by atoms with Crippen molar-refractivity contribution >= 4 is 34.2 Å².